The smallest absolute Gasteiger partial charge is 0.279 e. The predicted molar refractivity (Wildman–Crippen MR) is 107 cm³/mol. The lowest BCUT2D eigenvalue weighted by molar-refractivity contribution is -0.128. The highest BCUT2D eigenvalue weighted by atomic mass is 79.9. The van der Waals surface area contributed by atoms with Crippen LogP contribution in [0.3, 0.4) is 0 Å². The molecule has 0 bridgehead atoms. The molecule has 2 aromatic rings. The molecule has 8 nitrogen and oxygen atoms in total. The first kappa shape index (κ1) is 21.9. The lowest BCUT2D eigenvalue weighted by atomic mass is 10.2. The lowest BCUT2D eigenvalue weighted by Crippen LogP contribution is -2.47. The van der Waals surface area contributed by atoms with E-state index in [2.05, 4.69) is 26.8 Å². The van der Waals surface area contributed by atoms with E-state index in [4.69, 9.17) is 4.74 Å². The largest absolute Gasteiger partial charge is 0.481 e. The van der Waals surface area contributed by atoms with E-state index in [1.165, 1.54) is 45.3 Å². The zero-order valence-corrected chi connectivity index (χ0v) is 17.9. The molecule has 2 N–H and O–H groups in total. The maximum absolute atomic E-state index is 12.2. The molecular formula is C18H20BrN3O5S. The van der Waals surface area contributed by atoms with E-state index in [1.807, 2.05) is 0 Å². The zero-order valence-electron chi connectivity index (χ0n) is 15.5. The van der Waals surface area contributed by atoms with Crippen LogP contribution in [0, 0.1) is 0 Å². The number of halogens is 1. The van der Waals surface area contributed by atoms with Crippen molar-refractivity contribution in [3.8, 4) is 5.75 Å². The quantitative estimate of drug-likeness (QED) is 0.628. The number of hydrazine groups is 1. The van der Waals surface area contributed by atoms with Crippen LogP contribution in [0.4, 0.5) is 0 Å². The maximum Gasteiger partial charge on any atom is 0.279 e. The Balaban J connectivity index is 1.98. The molecule has 0 fully saturated rings. The summed E-state index contributed by atoms with van der Waals surface area (Å²) in [5.41, 5.74) is 4.60. The molecule has 0 saturated carbocycles. The number of sulfonamides is 1. The number of carbonyl (C=O) groups is 2. The van der Waals surface area contributed by atoms with Crippen LogP contribution in [0.1, 0.15) is 17.3 Å². The summed E-state index contributed by atoms with van der Waals surface area (Å²) in [5.74, 6) is -0.716. The molecule has 10 heteroatoms. The van der Waals surface area contributed by atoms with Crippen molar-refractivity contribution in [2.75, 3.05) is 14.1 Å². The average molecular weight is 470 g/mol. The summed E-state index contributed by atoms with van der Waals surface area (Å²) in [7, 11) is -0.877. The average Bonchev–Trinajstić information content (AvgIpc) is 2.67. The normalized spacial score (nSPS) is 12.3. The van der Waals surface area contributed by atoms with Crippen LogP contribution >= 0.6 is 15.9 Å². The van der Waals surface area contributed by atoms with Gasteiger partial charge in [0.15, 0.2) is 6.10 Å². The molecule has 0 aliphatic rings. The van der Waals surface area contributed by atoms with Crippen molar-refractivity contribution < 1.29 is 22.7 Å². The van der Waals surface area contributed by atoms with E-state index in [9.17, 15) is 18.0 Å². The molecule has 0 radical (unpaired) electrons. The molecule has 150 valence electrons. The summed E-state index contributed by atoms with van der Waals surface area (Å²) in [6, 6.07) is 12.5. The van der Waals surface area contributed by atoms with Crippen molar-refractivity contribution in [3.05, 3.63) is 58.6 Å². The third-order valence-electron chi connectivity index (χ3n) is 3.67. The van der Waals surface area contributed by atoms with E-state index < -0.39 is 27.9 Å². The fourth-order valence-electron chi connectivity index (χ4n) is 2.07. The van der Waals surface area contributed by atoms with Crippen LogP contribution in [0.25, 0.3) is 0 Å². The second-order valence-electron chi connectivity index (χ2n) is 5.97. The van der Waals surface area contributed by atoms with Crippen molar-refractivity contribution >= 4 is 37.8 Å². The Morgan fingerprint density at radius 3 is 2.32 bits per heavy atom. The van der Waals surface area contributed by atoms with E-state index in [1.54, 1.807) is 24.3 Å². The van der Waals surface area contributed by atoms with Crippen LogP contribution in [-0.4, -0.2) is 44.7 Å². The van der Waals surface area contributed by atoms with Crippen molar-refractivity contribution in [2.45, 2.75) is 17.9 Å². The van der Waals surface area contributed by atoms with Gasteiger partial charge in [-0.2, -0.15) is 0 Å². The van der Waals surface area contributed by atoms with Gasteiger partial charge in [-0.05, 0) is 49.4 Å². The fraction of sp³-hybridized carbons (Fsp3) is 0.222. The summed E-state index contributed by atoms with van der Waals surface area (Å²) >= 11 is 3.31. The van der Waals surface area contributed by atoms with Crippen molar-refractivity contribution in [3.63, 3.8) is 0 Å². The maximum atomic E-state index is 12.2. The number of nitrogens with one attached hydrogen (secondary N) is 2. The molecule has 0 aromatic heterocycles. The fourth-order valence-corrected chi connectivity index (χ4v) is 3.28. The van der Waals surface area contributed by atoms with Gasteiger partial charge in [0.05, 0.1) is 4.90 Å². The topological polar surface area (TPSA) is 105 Å². The Hall–Kier alpha value is -2.43. The van der Waals surface area contributed by atoms with Crippen molar-refractivity contribution in [1.82, 2.24) is 15.2 Å². The monoisotopic (exact) mass is 469 g/mol. The minimum Gasteiger partial charge on any atom is -0.481 e. The van der Waals surface area contributed by atoms with Gasteiger partial charge in [-0.1, -0.05) is 22.0 Å². The molecule has 2 amide bonds. The number of benzene rings is 2. The number of hydrogen-bond donors (Lipinski definition) is 2. The minimum absolute atomic E-state index is 0.0246. The number of ether oxygens (including phenoxy) is 1. The molecule has 2 aromatic carbocycles. The van der Waals surface area contributed by atoms with E-state index in [-0.39, 0.29) is 10.5 Å². The van der Waals surface area contributed by atoms with Crippen LogP contribution in [-0.2, 0) is 14.8 Å². The first-order valence-electron chi connectivity index (χ1n) is 8.16. The van der Waals surface area contributed by atoms with Gasteiger partial charge >= 0.3 is 0 Å². The SMILES string of the molecule is C[C@@H](Oc1ccc(Br)cc1)C(=O)NNC(=O)c1cccc(S(=O)(=O)N(C)C)c1. The summed E-state index contributed by atoms with van der Waals surface area (Å²) in [4.78, 5) is 24.3. The number of nitrogens with zero attached hydrogens (tertiary/aromatic N) is 1. The molecular weight excluding hydrogens is 450 g/mol. The minimum atomic E-state index is -3.67. The predicted octanol–water partition coefficient (Wildman–Crippen LogP) is 1.93. The van der Waals surface area contributed by atoms with E-state index in [0.29, 0.717) is 5.75 Å². The standard InChI is InChI=1S/C18H20BrN3O5S/c1-12(27-15-9-7-14(19)8-10-15)17(23)20-21-18(24)13-5-4-6-16(11-13)28(25,26)22(2)3/h4-12H,1-3H3,(H,20,23)(H,21,24)/t12-/m1/s1. The van der Waals surface area contributed by atoms with Gasteiger partial charge in [0, 0.05) is 24.1 Å². The molecule has 28 heavy (non-hydrogen) atoms. The van der Waals surface area contributed by atoms with Gasteiger partial charge in [0.1, 0.15) is 5.75 Å². The summed E-state index contributed by atoms with van der Waals surface area (Å²) in [6.45, 7) is 1.54. The Bertz CT molecular complexity index is 961. The summed E-state index contributed by atoms with van der Waals surface area (Å²) in [6.07, 6.45) is -0.859. The Morgan fingerprint density at radius 1 is 1.07 bits per heavy atom. The Morgan fingerprint density at radius 2 is 1.71 bits per heavy atom. The van der Waals surface area contributed by atoms with Crippen LogP contribution in [0.5, 0.6) is 5.75 Å². The van der Waals surface area contributed by atoms with Gasteiger partial charge in [0.2, 0.25) is 10.0 Å². The molecule has 0 saturated heterocycles. The highest BCUT2D eigenvalue weighted by molar-refractivity contribution is 9.10. The zero-order chi connectivity index (χ0) is 20.9. The second-order valence-corrected chi connectivity index (χ2v) is 9.04. The third-order valence-corrected chi connectivity index (χ3v) is 6.01. The molecule has 0 unspecified atom stereocenters. The first-order valence-corrected chi connectivity index (χ1v) is 10.4. The molecule has 0 heterocycles. The van der Waals surface area contributed by atoms with Crippen LogP contribution < -0.4 is 15.6 Å². The van der Waals surface area contributed by atoms with Gasteiger partial charge < -0.3 is 4.74 Å². The highest BCUT2D eigenvalue weighted by Crippen LogP contribution is 2.17. The molecule has 2 rings (SSSR count). The third kappa shape index (κ3) is 5.54. The van der Waals surface area contributed by atoms with Gasteiger partial charge in [0.25, 0.3) is 11.8 Å². The first-order chi connectivity index (χ1) is 13.1. The van der Waals surface area contributed by atoms with Crippen LogP contribution in [0.2, 0.25) is 0 Å². The number of rotatable bonds is 6. The van der Waals surface area contributed by atoms with Gasteiger partial charge in [-0.3, -0.25) is 20.4 Å². The number of amides is 2. The van der Waals surface area contributed by atoms with E-state index in [0.717, 1.165) is 8.78 Å². The van der Waals surface area contributed by atoms with Crippen molar-refractivity contribution in [2.24, 2.45) is 0 Å². The Kier molecular flexibility index (Phi) is 7.17. The van der Waals surface area contributed by atoms with Crippen molar-refractivity contribution in [1.29, 1.82) is 0 Å². The summed E-state index contributed by atoms with van der Waals surface area (Å²) in [5, 5.41) is 0. The Labute approximate surface area is 172 Å². The van der Waals surface area contributed by atoms with Crippen LogP contribution in [0.15, 0.2) is 57.9 Å². The van der Waals surface area contributed by atoms with E-state index >= 15 is 0 Å². The van der Waals surface area contributed by atoms with Gasteiger partial charge in [-0.15, -0.1) is 0 Å². The van der Waals surface area contributed by atoms with Gasteiger partial charge in [-0.25, -0.2) is 12.7 Å². The molecule has 0 aliphatic heterocycles. The highest BCUT2D eigenvalue weighted by Gasteiger charge is 2.20. The molecule has 1 atom stereocenters. The second kappa shape index (κ2) is 9.18. The number of carbonyl (C=O) groups excluding carboxylic acids is 2. The number of hydrogen-bond acceptors (Lipinski definition) is 5. The summed E-state index contributed by atoms with van der Waals surface area (Å²) < 4.78 is 31.7. The molecule has 0 spiro atoms. The lowest BCUT2D eigenvalue weighted by Gasteiger charge is -2.15. The molecule has 0 aliphatic carbocycles.